The molecule has 0 aliphatic carbocycles. The molecule has 0 spiro atoms. The third kappa shape index (κ3) is 2.82. The van der Waals surface area contributed by atoms with Gasteiger partial charge in [-0.1, -0.05) is 30.3 Å². The molecule has 0 saturated carbocycles. The molecule has 0 bridgehead atoms. The number of hydrogen-bond acceptors (Lipinski definition) is 4. The van der Waals surface area contributed by atoms with E-state index in [2.05, 4.69) is 15.0 Å². The first-order valence-corrected chi connectivity index (χ1v) is 9.02. The molecule has 0 amide bonds. The zero-order valence-electron chi connectivity index (χ0n) is 15.2. The largest absolute Gasteiger partial charge is 0.384 e. The highest BCUT2D eigenvalue weighted by molar-refractivity contribution is 6.00. The van der Waals surface area contributed by atoms with E-state index in [4.69, 9.17) is 5.73 Å². The quantitative estimate of drug-likeness (QED) is 0.431. The van der Waals surface area contributed by atoms with Crippen molar-refractivity contribution in [3.8, 4) is 22.4 Å². The Morgan fingerprint density at radius 1 is 1.00 bits per heavy atom. The number of rotatable bonds is 3. The molecule has 3 N–H and O–H groups in total. The maximum Gasteiger partial charge on any atom is 0.152 e. The molecule has 6 heteroatoms. The van der Waals surface area contributed by atoms with Gasteiger partial charge in [0.2, 0.25) is 0 Å². The molecule has 5 aromatic rings. The number of aromatic nitrogens is 3. The van der Waals surface area contributed by atoms with E-state index in [9.17, 15) is 9.18 Å². The van der Waals surface area contributed by atoms with Crippen molar-refractivity contribution < 1.29 is 9.18 Å². The molecule has 0 fully saturated rings. The van der Waals surface area contributed by atoms with Gasteiger partial charge in [0.25, 0.3) is 0 Å². The van der Waals surface area contributed by atoms with Crippen LogP contribution in [0, 0.1) is 5.82 Å². The second-order valence-electron chi connectivity index (χ2n) is 6.79. The second-order valence-corrected chi connectivity index (χ2v) is 6.79. The minimum Gasteiger partial charge on any atom is -0.384 e. The molecular formula is C23H15FN4O. The highest BCUT2D eigenvalue weighted by Gasteiger charge is 2.13. The van der Waals surface area contributed by atoms with Gasteiger partial charge < -0.3 is 10.7 Å². The highest BCUT2D eigenvalue weighted by atomic mass is 19.1. The smallest absolute Gasteiger partial charge is 0.152 e. The summed E-state index contributed by atoms with van der Waals surface area (Å²) in [5, 5.41) is 2.80. The van der Waals surface area contributed by atoms with E-state index in [0.717, 1.165) is 33.0 Å². The van der Waals surface area contributed by atoms with Crippen LogP contribution in [-0.4, -0.2) is 21.2 Å². The lowest BCUT2D eigenvalue weighted by atomic mass is 10.0. The second kappa shape index (κ2) is 6.53. The van der Waals surface area contributed by atoms with Crippen LogP contribution in [0.4, 0.5) is 10.2 Å². The zero-order chi connectivity index (χ0) is 20.0. The maximum atomic E-state index is 14.1. The maximum absolute atomic E-state index is 14.1. The fraction of sp³-hybridized carbons (Fsp3) is 0. The number of nitrogens with one attached hydrogen (secondary N) is 1. The van der Waals surface area contributed by atoms with Gasteiger partial charge in [-0.25, -0.2) is 14.4 Å². The van der Waals surface area contributed by atoms with Crippen LogP contribution in [0.3, 0.4) is 0 Å². The van der Waals surface area contributed by atoms with Gasteiger partial charge in [0.1, 0.15) is 17.3 Å². The van der Waals surface area contributed by atoms with Crippen LogP contribution in [0.5, 0.6) is 0 Å². The van der Waals surface area contributed by atoms with Gasteiger partial charge in [-0.15, -0.1) is 0 Å². The van der Waals surface area contributed by atoms with Crippen molar-refractivity contribution >= 4 is 33.9 Å². The number of benzene rings is 2. The topological polar surface area (TPSA) is 84.7 Å². The summed E-state index contributed by atoms with van der Waals surface area (Å²) in [6.07, 6.45) is 4.03. The number of hydrogen-bond donors (Lipinski definition) is 2. The molecule has 0 saturated heterocycles. The Hall–Kier alpha value is -4.06. The number of aldehydes is 1. The summed E-state index contributed by atoms with van der Waals surface area (Å²) in [6, 6.07) is 16.2. The molecule has 5 rings (SSSR count). The van der Waals surface area contributed by atoms with E-state index < -0.39 is 5.82 Å². The van der Waals surface area contributed by atoms with E-state index in [1.807, 2.05) is 36.4 Å². The molecule has 0 aliphatic heterocycles. The number of carbonyl (C=O) groups is 1. The molecule has 29 heavy (non-hydrogen) atoms. The van der Waals surface area contributed by atoms with Crippen LogP contribution in [-0.2, 0) is 0 Å². The van der Waals surface area contributed by atoms with Gasteiger partial charge in [-0.2, -0.15) is 0 Å². The summed E-state index contributed by atoms with van der Waals surface area (Å²) in [6.45, 7) is 0. The number of aromatic amines is 1. The minimum absolute atomic E-state index is 0.0304. The Bertz CT molecular complexity index is 1410. The van der Waals surface area contributed by atoms with Gasteiger partial charge in [-0.05, 0) is 35.2 Å². The number of anilines is 1. The van der Waals surface area contributed by atoms with Crippen LogP contribution in [0.15, 0.2) is 67.0 Å². The lowest BCUT2D eigenvalue weighted by Gasteiger charge is -2.08. The van der Waals surface area contributed by atoms with Crippen LogP contribution >= 0.6 is 0 Å². The van der Waals surface area contributed by atoms with Crippen molar-refractivity contribution in [2.24, 2.45) is 0 Å². The molecule has 140 valence electrons. The average Bonchev–Trinajstić information content (AvgIpc) is 3.16. The first-order chi connectivity index (χ1) is 14.1. The molecule has 5 nitrogen and oxygen atoms in total. The van der Waals surface area contributed by atoms with Crippen molar-refractivity contribution in [2.75, 3.05) is 5.73 Å². The fourth-order valence-electron chi connectivity index (χ4n) is 3.60. The Kier molecular flexibility index (Phi) is 3.84. The summed E-state index contributed by atoms with van der Waals surface area (Å²) in [5.74, 6) is -0.126. The lowest BCUT2D eigenvalue weighted by Crippen LogP contribution is -1.94. The molecule has 3 heterocycles. The van der Waals surface area contributed by atoms with E-state index >= 15 is 0 Å². The normalized spacial score (nSPS) is 11.2. The molecule has 0 radical (unpaired) electrons. The predicted octanol–water partition coefficient (Wildman–Crippen LogP) is 4.98. The van der Waals surface area contributed by atoms with Gasteiger partial charge in [-0.3, -0.25) is 4.79 Å². The number of nitrogen functional groups attached to an aromatic ring is 1. The number of fused-ring (bicyclic) bond motifs is 2. The van der Waals surface area contributed by atoms with Crippen LogP contribution in [0.25, 0.3) is 44.2 Å². The molecule has 0 atom stereocenters. The van der Waals surface area contributed by atoms with Crippen molar-refractivity contribution in [2.45, 2.75) is 0 Å². The van der Waals surface area contributed by atoms with Gasteiger partial charge in [0.15, 0.2) is 6.29 Å². The number of pyridine rings is 2. The summed E-state index contributed by atoms with van der Waals surface area (Å²) in [4.78, 5) is 23.1. The first-order valence-electron chi connectivity index (χ1n) is 9.02. The third-order valence-electron chi connectivity index (χ3n) is 5.00. The number of H-pyrrole nitrogens is 1. The van der Waals surface area contributed by atoms with E-state index in [1.54, 1.807) is 18.5 Å². The zero-order valence-corrected chi connectivity index (χ0v) is 15.2. The molecule has 0 unspecified atom stereocenters. The van der Waals surface area contributed by atoms with Gasteiger partial charge in [0, 0.05) is 34.3 Å². The minimum atomic E-state index is -0.556. The molecule has 0 aliphatic rings. The number of halogens is 1. The van der Waals surface area contributed by atoms with Crippen molar-refractivity contribution in [1.29, 1.82) is 0 Å². The summed E-state index contributed by atoms with van der Waals surface area (Å²) in [7, 11) is 0. The Morgan fingerprint density at radius 3 is 2.69 bits per heavy atom. The van der Waals surface area contributed by atoms with E-state index in [-0.39, 0.29) is 5.56 Å². The third-order valence-corrected chi connectivity index (χ3v) is 5.00. The summed E-state index contributed by atoms with van der Waals surface area (Å²) in [5.41, 5.74) is 9.72. The first kappa shape index (κ1) is 17.1. The van der Waals surface area contributed by atoms with Crippen molar-refractivity contribution in [1.82, 2.24) is 15.0 Å². The number of nitrogens with two attached hydrogens (primary N) is 1. The SMILES string of the molecule is Nc1cc2ccccc2c(-c2cnc3[nH]cc(-c4ccc(C=O)c(F)c4)c3c2)n1. The number of carbonyl (C=O) groups excluding carboxylic acids is 1. The van der Waals surface area contributed by atoms with E-state index in [1.165, 1.54) is 12.1 Å². The van der Waals surface area contributed by atoms with Crippen LogP contribution in [0.2, 0.25) is 0 Å². The fourth-order valence-corrected chi connectivity index (χ4v) is 3.60. The predicted molar refractivity (Wildman–Crippen MR) is 112 cm³/mol. The van der Waals surface area contributed by atoms with Gasteiger partial charge in [0.05, 0.1) is 11.3 Å². The van der Waals surface area contributed by atoms with Crippen LogP contribution < -0.4 is 5.73 Å². The Morgan fingerprint density at radius 2 is 1.86 bits per heavy atom. The highest BCUT2D eigenvalue weighted by Crippen LogP contribution is 2.33. The van der Waals surface area contributed by atoms with Crippen LogP contribution in [0.1, 0.15) is 10.4 Å². The Labute approximate surface area is 165 Å². The molecule has 3 aromatic heterocycles. The standard InChI is InChI=1S/C23H15FN4O/c24-20-8-14(5-6-15(20)12-29)19-11-27-23-18(19)7-16(10-26-23)22-17-4-2-1-3-13(17)9-21(25)28-22/h1-12H,(H2,25,28)(H,26,27). The summed E-state index contributed by atoms with van der Waals surface area (Å²) < 4.78 is 14.1. The van der Waals surface area contributed by atoms with Gasteiger partial charge >= 0.3 is 0 Å². The number of nitrogens with zero attached hydrogens (tertiary/aromatic N) is 2. The lowest BCUT2D eigenvalue weighted by molar-refractivity contribution is 0.112. The monoisotopic (exact) mass is 382 g/mol. The Balaban J connectivity index is 1.72. The molecule has 2 aromatic carbocycles. The average molecular weight is 382 g/mol. The van der Waals surface area contributed by atoms with Crippen molar-refractivity contribution in [3.63, 3.8) is 0 Å². The van der Waals surface area contributed by atoms with Crippen molar-refractivity contribution in [3.05, 3.63) is 78.4 Å². The van der Waals surface area contributed by atoms with E-state index in [0.29, 0.717) is 23.3 Å². The molecular weight excluding hydrogens is 367 g/mol. The summed E-state index contributed by atoms with van der Waals surface area (Å²) >= 11 is 0.